The SMILES string of the molecule is CNC(=O)C1CN(C(=O)c2cccc(Oc3ccccc3)c2)CCN1. The predicted molar refractivity (Wildman–Crippen MR) is 94.7 cm³/mol. The van der Waals surface area contributed by atoms with Crippen molar-refractivity contribution in [3.05, 3.63) is 60.2 Å². The van der Waals surface area contributed by atoms with Crippen LogP contribution in [0.25, 0.3) is 0 Å². The maximum atomic E-state index is 12.8. The fraction of sp³-hybridized carbons (Fsp3) is 0.263. The minimum absolute atomic E-state index is 0.103. The Labute approximate surface area is 146 Å². The summed E-state index contributed by atoms with van der Waals surface area (Å²) in [5.74, 6) is 1.11. The van der Waals surface area contributed by atoms with E-state index in [0.717, 1.165) is 0 Å². The van der Waals surface area contributed by atoms with Crippen molar-refractivity contribution in [1.82, 2.24) is 15.5 Å². The van der Waals surface area contributed by atoms with Crippen LogP contribution in [0.3, 0.4) is 0 Å². The third-order valence-electron chi connectivity index (χ3n) is 4.09. The zero-order valence-electron chi connectivity index (χ0n) is 14.1. The van der Waals surface area contributed by atoms with Gasteiger partial charge in [-0.15, -0.1) is 0 Å². The average molecular weight is 339 g/mol. The van der Waals surface area contributed by atoms with E-state index in [-0.39, 0.29) is 17.9 Å². The molecule has 1 heterocycles. The van der Waals surface area contributed by atoms with E-state index in [0.29, 0.717) is 36.7 Å². The highest BCUT2D eigenvalue weighted by Crippen LogP contribution is 2.22. The largest absolute Gasteiger partial charge is 0.457 e. The number of amides is 2. The minimum atomic E-state index is -0.383. The first kappa shape index (κ1) is 17.0. The van der Waals surface area contributed by atoms with E-state index in [1.807, 2.05) is 36.4 Å². The number of nitrogens with zero attached hydrogens (tertiary/aromatic N) is 1. The van der Waals surface area contributed by atoms with Gasteiger partial charge in [0.05, 0.1) is 0 Å². The van der Waals surface area contributed by atoms with E-state index in [9.17, 15) is 9.59 Å². The molecule has 130 valence electrons. The van der Waals surface area contributed by atoms with Crippen molar-refractivity contribution >= 4 is 11.8 Å². The lowest BCUT2D eigenvalue weighted by atomic mass is 10.1. The summed E-state index contributed by atoms with van der Waals surface area (Å²) in [7, 11) is 1.59. The first-order chi connectivity index (χ1) is 12.2. The molecule has 0 bridgehead atoms. The molecule has 2 N–H and O–H groups in total. The monoisotopic (exact) mass is 339 g/mol. The van der Waals surface area contributed by atoms with Crippen LogP contribution in [0.5, 0.6) is 11.5 Å². The Bertz CT molecular complexity index is 749. The molecule has 1 atom stereocenters. The Morgan fingerprint density at radius 3 is 2.64 bits per heavy atom. The van der Waals surface area contributed by atoms with Gasteiger partial charge in [0.15, 0.2) is 0 Å². The highest BCUT2D eigenvalue weighted by atomic mass is 16.5. The second kappa shape index (κ2) is 7.81. The number of hydrogen-bond donors (Lipinski definition) is 2. The summed E-state index contributed by atoms with van der Waals surface area (Å²) in [6, 6.07) is 16.1. The fourth-order valence-corrected chi connectivity index (χ4v) is 2.78. The summed E-state index contributed by atoms with van der Waals surface area (Å²) >= 11 is 0. The van der Waals surface area contributed by atoms with Crippen LogP contribution in [-0.4, -0.2) is 49.4 Å². The lowest BCUT2D eigenvalue weighted by Gasteiger charge is -2.32. The lowest BCUT2D eigenvalue weighted by molar-refractivity contribution is -0.123. The Morgan fingerprint density at radius 2 is 1.88 bits per heavy atom. The molecule has 2 aromatic carbocycles. The Morgan fingerprint density at radius 1 is 1.12 bits per heavy atom. The van der Waals surface area contributed by atoms with Crippen LogP contribution in [0, 0.1) is 0 Å². The van der Waals surface area contributed by atoms with Crippen LogP contribution in [0.15, 0.2) is 54.6 Å². The molecule has 1 fully saturated rings. The number of hydrogen-bond acceptors (Lipinski definition) is 4. The maximum Gasteiger partial charge on any atom is 0.254 e. The number of para-hydroxylation sites is 1. The quantitative estimate of drug-likeness (QED) is 0.888. The number of rotatable bonds is 4. The Kier molecular flexibility index (Phi) is 5.30. The first-order valence-electron chi connectivity index (χ1n) is 8.24. The second-order valence-electron chi connectivity index (χ2n) is 5.82. The molecule has 2 aromatic rings. The van der Waals surface area contributed by atoms with E-state index in [4.69, 9.17) is 4.74 Å². The third kappa shape index (κ3) is 4.16. The topological polar surface area (TPSA) is 70.7 Å². The molecular formula is C19H21N3O3. The van der Waals surface area contributed by atoms with Crippen molar-refractivity contribution in [2.75, 3.05) is 26.7 Å². The maximum absolute atomic E-state index is 12.8. The van der Waals surface area contributed by atoms with Gasteiger partial charge in [-0.1, -0.05) is 24.3 Å². The van der Waals surface area contributed by atoms with E-state index in [1.54, 1.807) is 30.1 Å². The van der Waals surface area contributed by atoms with Gasteiger partial charge >= 0.3 is 0 Å². The number of piperazine rings is 1. The average Bonchev–Trinajstić information content (AvgIpc) is 2.68. The van der Waals surface area contributed by atoms with Gasteiger partial charge in [-0.2, -0.15) is 0 Å². The molecule has 0 aliphatic carbocycles. The van der Waals surface area contributed by atoms with Crippen molar-refractivity contribution in [2.45, 2.75) is 6.04 Å². The molecule has 1 saturated heterocycles. The van der Waals surface area contributed by atoms with Crippen molar-refractivity contribution < 1.29 is 14.3 Å². The summed E-state index contributed by atoms with van der Waals surface area (Å²) in [4.78, 5) is 26.3. The highest BCUT2D eigenvalue weighted by molar-refractivity contribution is 5.95. The zero-order valence-corrected chi connectivity index (χ0v) is 14.1. The van der Waals surface area contributed by atoms with Crippen molar-refractivity contribution in [2.24, 2.45) is 0 Å². The van der Waals surface area contributed by atoms with Crippen molar-refractivity contribution in [3.8, 4) is 11.5 Å². The second-order valence-corrected chi connectivity index (χ2v) is 5.82. The number of carbonyl (C=O) groups excluding carboxylic acids is 2. The molecule has 25 heavy (non-hydrogen) atoms. The van der Waals surface area contributed by atoms with E-state index >= 15 is 0 Å². The lowest BCUT2D eigenvalue weighted by Crippen LogP contribution is -2.57. The highest BCUT2D eigenvalue weighted by Gasteiger charge is 2.28. The minimum Gasteiger partial charge on any atom is -0.457 e. The Hall–Kier alpha value is -2.86. The van der Waals surface area contributed by atoms with E-state index in [2.05, 4.69) is 10.6 Å². The molecule has 0 spiro atoms. The molecule has 0 aromatic heterocycles. The normalized spacial score (nSPS) is 17.0. The van der Waals surface area contributed by atoms with E-state index in [1.165, 1.54) is 0 Å². The van der Waals surface area contributed by atoms with Crippen molar-refractivity contribution in [1.29, 1.82) is 0 Å². The molecule has 6 nitrogen and oxygen atoms in total. The molecule has 0 saturated carbocycles. The Balaban J connectivity index is 1.72. The zero-order chi connectivity index (χ0) is 17.6. The molecule has 1 unspecified atom stereocenters. The third-order valence-corrected chi connectivity index (χ3v) is 4.09. The number of nitrogens with one attached hydrogen (secondary N) is 2. The molecule has 1 aliphatic heterocycles. The number of benzene rings is 2. The number of likely N-dealkylation sites (N-methyl/N-ethyl adjacent to an activating group) is 1. The van der Waals surface area contributed by atoms with Crippen LogP contribution in [-0.2, 0) is 4.79 Å². The summed E-state index contributed by atoms with van der Waals surface area (Å²) in [5, 5.41) is 5.73. The standard InChI is InChI=1S/C19H21N3O3/c1-20-18(23)17-13-22(11-10-21-17)19(24)14-6-5-9-16(12-14)25-15-7-3-2-4-8-15/h2-9,12,17,21H,10-11,13H2,1H3,(H,20,23). The fourth-order valence-electron chi connectivity index (χ4n) is 2.78. The van der Waals surface area contributed by atoms with E-state index < -0.39 is 0 Å². The molecule has 3 rings (SSSR count). The molecule has 2 amide bonds. The van der Waals surface area contributed by atoms with Gasteiger partial charge in [-0.05, 0) is 30.3 Å². The summed E-state index contributed by atoms with van der Waals surface area (Å²) in [6.07, 6.45) is 0. The summed E-state index contributed by atoms with van der Waals surface area (Å²) < 4.78 is 5.79. The smallest absolute Gasteiger partial charge is 0.254 e. The molecule has 0 radical (unpaired) electrons. The van der Waals surface area contributed by atoms with Crippen LogP contribution in [0.4, 0.5) is 0 Å². The van der Waals surface area contributed by atoms with Crippen LogP contribution in [0.2, 0.25) is 0 Å². The van der Waals surface area contributed by atoms with Gasteiger partial charge in [0, 0.05) is 32.2 Å². The van der Waals surface area contributed by atoms with Gasteiger partial charge in [0.1, 0.15) is 17.5 Å². The predicted octanol–water partition coefficient (Wildman–Crippen LogP) is 1.64. The number of ether oxygens (including phenoxy) is 1. The van der Waals surface area contributed by atoms with Gasteiger partial charge in [0.25, 0.3) is 5.91 Å². The number of carbonyl (C=O) groups is 2. The molecular weight excluding hydrogens is 318 g/mol. The van der Waals surface area contributed by atoms with Crippen LogP contribution in [0.1, 0.15) is 10.4 Å². The van der Waals surface area contributed by atoms with Gasteiger partial charge < -0.3 is 20.3 Å². The van der Waals surface area contributed by atoms with Crippen molar-refractivity contribution in [3.63, 3.8) is 0 Å². The first-order valence-corrected chi connectivity index (χ1v) is 8.24. The van der Waals surface area contributed by atoms with Crippen LogP contribution >= 0.6 is 0 Å². The van der Waals surface area contributed by atoms with Gasteiger partial charge in [-0.25, -0.2) is 0 Å². The summed E-state index contributed by atoms with van der Waals surface area (Å²) in [6.45, 7) is 1.50. The summed E-state index contributed by atoms with van der Waals surface area (Å²) in [5.41, 5.74) is 0.547. The van der Waals surface area contributed by atoms with Gasteiger partial charge in [-0.3, -0.25) is 9.59 Å². The van der Waals surface area contributed by atoms with Crippen LogP contribution < -0.4 is 15.4 Å². The molecule has 1 aliphatic rings. The van der Waals surface area contributed by atoms with Gasteiger partial charge in [0.2, 0.25) is 5.91 Å². The molecule has 6 heteroatoms.